The van der Waals surface area contributed by atoms with Gasteiger partial charge in [0, 0.05) is 44.7 Å². The van der Waals surface area contributed by atoms with Gasteiger partial charge in [0.15, 0.2) is 29.3 Å². The molecule has 0 aliphatic carbocycles. The van der Waals surface area contributed by atoms with E-state index in [1.807, 2.05) is 47.4 Å². The SMILES string of the molecule is CCNC(=O)C1OC(n2cnc3c(NCC(c4ccccc4)c4ccccc4)nc(N4CCC(NC(=O)NCc5cccc(O)c5)C4)nc32)C(O)C1O. The standard InChI is InChI=1S/C38H43N9O6/c1-2-39-35(51)32-30(49)31(50)36(53-32)47-22-42-29-33(40-20-28(24-11-5-3-6-12-24)25-13-7-4-8-14-25)44-37(45-34(29)47)46-17-16-26(21-46)43-38(52)41-19-23-10-9-15-27(48)18-23/h3-15,18,22,26,28,30-32,36,48-50H,2,16-17,19-21H2,1H3,(H,39,51)(H,40,44,45)(H2,41,43,52). The Labute approximate surface area is 306 Å². The monoisotopic (exact) mass is 721 g/mol. The third-order valence-corrected chi connectivity index (χ3v) is 9.58. The number of imidazole rings is 1. The number of amides is 3. The van der Waals surface area contributed by atoms with Crippen LogP contribution in [0.1, 0.15) is 42.2 Å². The number of ether oxygens (including phenoxy) is 1. The summed E-state index contributed by atoms with van der Waals surface area (Å²) in [6.07, 6.45) is -3.24. The number of nitrogens with zero attached hydrogens (tertiary/aromatic N) is 5. The molecule has 5 atom stereocenters. The Bertz CT molecular complexity index is 1990. The van der Waals surface area contributed by atoms with E-state index in [0.29, 0.717) is 55.5 Å². The third kappa shape index (κ3) is 7.87. The summed E-state index contributed by atoms with van der Waals surface area (Å²) in [5.41, 5.74) is 3.76. The van der Waals surface area contributed by atoms with Crippen molar-refractivity contribution in [2.75, 3.05) is 36.4 Å². The number of aliphatic hydroxyl groups is 2. The predicted molar refractivity (Wildman–Crippen MR) is 197 cm³/mol. The number of aromatic hydroxyl groups is 1. The number of phenolic OH excluding ortho intramolecular Hbond substituents is 1. The van der Waals surface area contributed by atoms with Crippen molar-refractivity contribution in [1.82, 2.24) is 35.5 Å². The third-order valence-electron chi connectivity index (χ3n) is 9.58. The fourth-order valence-corrected chi connectivity index (χ4v) is 6.88. The number of carbonyl (C=O) groups is 2. The zero-order valence-corrected chi connectivity index (χ0v) is 29.2. The molecule has 2 aromatic heterocycles. The molecule has 7 rings (SSSR count). The van der Waals surface area contributed by atoms with Gasteiger partial charge in [-0.25, -0.2) is 9.78 Å². The van der Waals surface area contributed by atoms with Gasteiger partial charge in [-0.2, -0.15) is 9.97 Å². The highest BCUT2D eigenvalue weighted by Gasteiger charge is 2.47. The minimum atomic E-state index is -1.47. The van der Waals surface area contributed by atoms with Gasteiger partial charge in [-0.05, 0) is 42.2 Å². The van der Waals surface area contributed by atoms with E-state index in [4.69, 9.17) is 14.7 Å². The molecule has 2 fully saturated rings. The van der Waals surface area contributed by atoms with Crippen LogP contribution in [0, 0.1) is 0 Å². The van der Waals surface area contributed by atoms with Crippen LogP contribution in [0.4, 0.5) is 16.6 Å². The molecule has 0 saturated carbocycles. The molecule has 0 spiro atoms. The van der Waals surface area contributed by atoms with Gasteiger partial charge in [0.05, 0.1) is 6.33 Å². The highest BCUT2D eigenvalue weighted by atomic mass is 16.6. The second-order valence-electron chi connectivity index (χ2n) is 13.2. The predicted octanol–water partition coefficient (Wildman–Crippen LogP) is 2.61. The molecular weight excluding hydrogens is 678 g/mol. The van der Waals surface area contributed by atoms with Crippen molar-refractivity contribution >= 4 is 34.9 Å². The summed E-state index contributed by atoms with van der Waals surface area (Å²) in [6.45, 7) is 3.79. The van der Waals surface area contributed by atoms with E-state index < -0.39 is 30.4 Å². The molecule has 0 radical (unpaired) electrons. The number of fused-ring (bicyclic) bond motifs is 1. The summed E-state index contributed by atoms with van der Waals surface area (Å²) >= 11 is 0. The van der Waals surface area contributed by atoms with Crippen molar-refractivity contribution in [3.05, 3.63) is 108 Å². The number of carbonyl (C=O) groups excluding carboxylic acids is 2. The number of hydrogen-bond donors (Lipinski definition) is 7. The number of anilines is 2. The van der Waals surface area contributed by atoms with Gasteiger partial charge in [-0.1, -0.05) is 72.8 Å². The Morgan fingerprint density at radius 3 is 2.38 bits per heavy atom. The Morgan fingerprint density at radius 2 is 1.68 bits per heavy atom. The second-order valence-corrected chi connectivity index (χ2v) is 13.2. The topological polar surface area (TPSA) is 199 Å². The summed E-state index contributed by atoms with van der Waals surface area (Å²) < 4.78 is 7.46. The Hall–Kier alpha value is -5.77. The van der Waals surface area contributed by atoms with E-state index in [0.717, 1.165) is 16.7 Å². The maximum Gasteiger partial charge on any atom is 0.315 e. The summed E-state index contributed by atoms with van der Waals surface area (Å²) in [5, 5.41) is 43.6. The summed E-state index contributed by atoms with van der Waals surface area (Å²) in [7, 11) is 0. The minimum absolute atomic E-state index is 0.0281. The number of aliphatic hydroxyl groups excluding tert-OH is 2. The molecule has 7 N–H and O–H groups in total. The summed E-state index contributed by atoms with van der Waals surface area (Å²) in [6, 6.07) is 26.5. The molecule has 3 aromatic carbocycles. The van der Waals surface area contributed by atoms with Crippen molar-refractivity contribution in [1.29, 1.82) is 0 Å². The lowest BCUT2D eigenvalue weighted by Crippen LogP contribution is -2.43. The van der Waals surface area contributed by atoms with E-state index in [1.54, 1.807) is 25.1 Å². The smallest absolute Gasteiger partial charge is 0.315 e. The lowest BCUT2D eigenvalue weighted by Gasteiger charge is -2.22. The first-order chi connectivity index (χ1) is 25.8. The number of phenols is 1. The van der Waals surface area contributed by atoms with E-state index in [9.17, 15) is 24.9 Å². The van der Waals surface area contributed by atoms with Gasteiger partial charge in [0.2, 0.25) is 5.95 Å². The number of hydrogen-bond acceptors (Lipinski definition) is 11. The average Bonchev–Trinajstić information content (AvgIpc) is 3.89. The van der Waals surface area contributed by atoms with Crippen LogP contribution in [0.25, 0.3) is 11.2 Å². The maximum atomic E-state index is 12.8. The van der Waals surface area contributed by atoms with Crippen molar-refractivity contribution in [2.24, 2.45) is 0 Å². The van der Waals surface area contributed by atoms with Crippen LogP contribution >= 0.6 is 0 Å². The number of aromatic nitrogens is 4. The molecule has 5 aromatic rings. The van der Waals surface area contributed by atoms with Crippen LogP contribution in [0.3, 0.4) is 0 Å². The largest absolute Gasteiger partial charge is 0.508 e. The van der Waals surface area contributed by atoms with Crippen molar-refractivity contribution in [2.45, 2.75) is 56.4 Å². The minimum Gasteiger partial charge on any atom is -0.508 e. The van der Waals surface area contributed by atoms with Crippen LogP contribution in [0.5, 0.6) is 5.75 Å². The van der Waals surface area contributed by atoms with Crippen LogP contribution < -0.4 is 26.2 Å². The molecule has 2 saturated heterocycles. The van der Waals surface area contributed by atoms with Crippen LogP contribution in [0.15, 0.2) is 91.3 Å². The zero-order valence-electron chi connectivity index (χ0n) is 29.2. The molecule has 0 bridgehead atoms. The van der Waals surface area contributed by atoms with Crippen LogP contribution in [-0.4, -0.2) is 97.3 Å². The van der Waals surface area contributed by atoms with Crippen molar-refractivity contribution < 1.29 is 29.6 Å². The molecular formula is C38H43N9O6. The number of urea groups is 1. The summed E-state index contributed by atoms with van der Waals surface area (Å²) in [4.78, 5) is 41.9. The fourth-order valence-electron chi connectivity index (χ4n) is 6.88. The molecule has 53 heavy (non-hydrogen) atoms. The molecule has 15 nitrogen and oxygen atoms in total. The molecule has 2 aliphatic heterocycles. The first kappa shape index (κ1) is 35.6. The van der Waals surface area contributed by atoms with Crippen molar-refractivity contribution in [3.8, 4) is 5.75 Å². The lowest BCUT2D eigenvalue weighted by molar-refractivity contribution is -0.137. The van der Waals surface area contributed by atoms with Crippen LogP contribution in [0.2, 0.25) is 0 Å². The number of likely N-dealkylation sites (N-methyl/N-ethyl adjacent to an activating group) is 1. The number of nitrogens with one attached hydrogen (secondary N) is 4. The molecule has 2 aliphatic rings. The van der Waals surface area contributed by atoms with E-state index in [2.05, 4.69) is 50.5 Å². The van der Waals surface area contributed by atoms with Gasteiger partial charge in [-0.3, -0.25) is 9.36 Å². The first-order valence-electron chi connectivity index (χ1n) is 17.7. The quantitative estimate of drug-likeness (QED) is 0.1000. The van der Waals surface area contributed by atoms with Crippen LogP contribution in [-0.2, 0) is 16.1 Å². The highest BCUT2D eigenvalue weighted by molar-refractivity contribution is 5.85. The van der Waals surface area contributed by atoms with Gasteiger partial charge >= 0.3 is 6.03 Å². The molecule has 4 heterocycles. The average molecular weight is 722 g/mol. The molecule has 276 valence electrons. The first-order valence-corrected chi connectivity index (χ1v) is 17.7. The Balaban J connectivity index is 1.16. The van der Waals surface area contributed by atoms with Gasteiger partial charge in [0.1, 0.15) is 18.0 Å². The Kier molecular flexibility index (Phi) is 10.7. The van der Waals surface area contributed by atoms with E-state index in [-0.39, 0.29) is 30.3 Å². The number of rotatable bonds is 12. The maximum absolute atomic E-state index is 12.8. The van der Waals surface area contributed by atoms with Gasteiger partial charge in [-0.15, -0.1) is 0 Å². The lowest BCUT2D eigenvalue weighted by atomic mass is 9.91. The molecule has 5 unspecified atom stereocenters. The molecule has 3 amide bonds. The van der Waals surface area contributed by atoms with Gasteiger partial charge < -0.3 is 46.2 Å². The zero-order chi connectivity index (χ0) is 36.9. The van der Waals surface area contributed by atoms with Crippen molar-refractivity contribution in [3.63, 3.8) is 0 Å². The Morgan fingerprint density at radius 1 is 0.943 bits per heavy atom. The summed E-state index contributed by atoms with van der Waals surface area (Å²) in [5.74, 6) is 0.397. The fraction of sp³-hybridized carbons (Fsp3) is 0.342. The molecule has 15 heteroatoms. The van der Waals surface area contributed by atoms with E-state index in [1.165, 1.54) is 10.9 Å². The number of benzene rings is 3. The normalized spacial score (nSPS) is 21.2. The van der Waals surface area contributed by atoms with E-state index >= 15 is 0 Å². The van der Waals surface area contributed by atoms with Gasteiger partial charge in [0.25, 0.3) is 5.91 Å². The highest BCUT2D eigenvalue weighted by Crippen LogP contribution is 2.34. The second kappa shape index (κ2) is 15.9.